The molecule has 0 saturated carbocycles. The Hall–Kier alpha value is -3.05. The van der Waals surface area contributed by atoms with Crippen molar-refractivity contribution >= 4 is 45.1 Å². The molecule has 5 nitrogen and oxygen atoms in total. The van der Waals surface area contributed by atoms with E-state index in [2.05, 4.69) is 15.5 Å². The van der Waals surface area contributed by atoms with E-state index in [4.69, 9.17) is 16.0 Å². The van der Waals surface area contributed by atoms with E-state index >= 15 is 0 Å². The summed E-state index contributed by atoms with van der Waals surface area (Å²) in [4.78, 5) is 15.5. The second kappa shape index (κ2) is 6.35. The summed E-state index contributed by atoms with van der Waals surface area (Å²) in [7, 11) is 0. The van der Waals surface area contributed by atoms with Crippen molar-refractivity contribution in [3.63, 3.8) is 0 Å². The van der Waals surface area contributed by atoms with Crippen molar-refractivity contribution in [1.29, 1.82) is 0 Å². The van der Waals surface area contributed by atoms with Crippen LogP contribution in [0.3, 0.4) is 0 Å². The normalized spacial score (nSPS) is 12.0. The fraction of sp³-hybridized carbons (Fsp3) is 0.100. The number of hydrogen-bond donors (Lipinski definition) is 2. The minimum atomic E-state index is -0.408. The van der Waals surface area contributed by atoms with Gasteiger partial charge < -0.3 is 9.40 Å². The zero-order chi connectivity index (χ0) is 18.3. The number of nitrogens with one attached hydrogen (secondary N) is 2. The van der Waals surface area contributed by atoms with Gasteiger partial charge in [0, 0.05) is 21.9 Å². The van der Waals surface area contributed by atoms with Crippen LogP contribution in [0, 0.1) is 6.92 Å². The minimum absolute atomic E-state index is 0.215. The van der Waals surface area contributed by atoms with E-state index in [1.807, 2.05) is 49.4 Å². The first-order valence-corrected chi connectivity index (χ1v) is 8.52. The molecule has 4 aromatic rings. The van der Waals surface area contributed by atoms with Gasteiger partial charge in [-0.05, 0) is 38.1 Å². The molecule has 0 atom stereocenters. The molecule has 0 spiro atoms. The zero-order valence-electron chi connectivity index (χ0n) is 14.3. The summed E-state index contributed by atoms with van der Waals surface area (Å²) in [5, 5.41) is 6.52. The number of hydrazone groups is 1. The van der Waals surface area contributed by atoms with E-state index in [1.165, 1.54) is 0 Å². The van der Waals surface area contributed by atoms with Crippen LogP contribution >= 0.6 is 11.6 Å². The largest absolute Gasteiger partial charge is 0.451 e. The number of rotatable bonds is 3. The number of aromatic amines is 1. The number of fused-ring (bicyclic) bond motifs is 2. The maximum Gasteiger partial charge on any atom is 0.307 e. The highest BCUT2D eigenvalue weighted by Gasteiger charge is 2.15. The number of furan rings is 1. The fourth-order valence-corrected chi connectivity index (χ4v) is 3.32. The molecule has 0 aliphatic heterocycles. The number of halogens is 1. The van der Waals surface area contributed by atoms with Gasteiger partial charge in [-0.25, -0.2) is 5.43 Å². The third-order valence-electron chi connectivity index (χ3n) is 4.24. The lowest BCUT2D eigenvalue weighted by Gasteiger charge is -2.01. The molecular formula is C20H16ClN3O2. The predicted octanol–water partition coefficient (Wildman–Crippen LogP) is 5.03. The Balaban J connectivity index is 1.61. The summed E-state index contributed by atoms with van der Waals surface area (Å²) in [5.41, 5.74) is 6.60. The summed E-state index contributed by atoms with van der Waals surface area (Å²) in [6.45, 7) is 3.79. The van der Waals surface area contributed by atoms with Crippen molar-refractivity contribution in [2.45, 2.75) is 13.8 Å². The highest BCUT2D eigenvalue weighted by Crippen LogP contribution is 2.26. The monoisotopic (exact) mass is 365 g/mol. The van der Waals surface area contributed by atoms with Gasteiger partial charge in [0.25, 0.3) is 0 Å². The van der Waals surface area contributed by atoms with Gasteiger partial charge in [0.2, 0.25) is 0 Å². The molecule has 2 aromatic heterocycles. The average molecular weight is 366 g/mol. The van der Waals surface area contributed by atoms with Gasteiger partial charge >= 0.3 is 5.91 Å². The van der Waals surface area contributed by atoms with Crippen LogP contribution in [-0.4, -0.2) is 16.6 Å². The first-order chi connectivity index (χ1) is 12.5. The number of nitrogens with zero attached hydrogens (tertiary/aromatic N) is 1. The molecule has 26 heavy (non-hydrogen) atoms. The first-order valence-electron chi connectivity index (χ1n) is 8.14. The van der Waals surface area contributed by atoms with Crippen LogP contribution < -0.4 is 5.43 Å². The van der Waals surface area contributed by atoms with Crippen molar-refractivity contribution in [3.8, 4) is 0 Å². The summed E-state index contributed by atoms with van der Waals surface area (Å²) in [6.07, 6.45) is 0. The van der Waals surface area contributed by atoms with Crippen LogP contribution in [0.15, 0.2) is 58.0 Å². The molecule has 0 radical (unpaired) electrons. The number of carbonyl (C=O) groups is 1. The zero-order valence-corrected chi connectivity index (χ0v) is 15.0. The average Bonchev–Trinajstić information content (AvgIpc) is 3.18. The van der Waals surface area contributed by atoms with Gasteiger partial charge in [0.15, 0.2) is 5.76 Å². The summed E-state index contributed by atoms with van der Waals surface area (Å²) in [5.74, 6) is -0.193. The van der Waals surface area contributed by atoms with E-state index in [1.54, 1.807) is 13.0 Å². The fourth-order valence-electron chi connectivity index (χ4n) is 2.98. The molecule has 130 valence electrons. The standard InChI is InChI=1S/C20H16ClN3O2/c1-11-7-8-16-13(9-11)10-17(26-16)20(25)24-23-12(2)18-14-5-3-4-6-15(14)22-19(18)21/h3-10,22H,1-2H3,(H,24,25). The van der Waals surface area contributed by atoms with E-state index < -0.39 is 5.91 Å². The molecule has 2 N–H and O–H groups in total. The third-order valence-corrected chi connectivity index (χ3v) is 4.53. The molecule has 4 rings (SSSR count). The number of H-pyrrole nitrogens is 1. The Morgan fingerprint density at radius 2 is 2.00 bits per heavy atom. The van der Waals surface area contributed by atoms with Crippen LogP contribution in [0.2, 0.25) is 5.15 Å². The first kappa shape index (κ1) is 16.4. The second-order valence-electron chi connectivity index (χ2n) is 6.15. The highest BCUT2D eigenvalue weighted by molar-refractivity contribution is 6.35. The molecular weight excluding hydrogens is 350 g/mol. The number of carbonyl (C=O) groups excluding carboxylic acids is 1. The van der Waals surface area contributed by atoms with Crippen molar-refractivity contribution in [2.24, 2.45) is 5.10 Å². The predicted molar refractivity (Wildman–Crippen MR) is 104 cm³/mol. The minimum Gasteiger partial charge on any atom is -0.451 e. The summed E-state index contributed by atoms with van der Waals surface area (Å²) >= 11 is 6.30. The molecule has 0 bridgehead atoms. The van der Waals surface area contributed by atoms with E-state index in [0.29, 0.717) is 16.4 Å². The number of aryl methyl sites for hydroxylation is 1. The second-order valence-corrected chi connectivity index (χ2v) is 6.53. The molecule has 0 aliphatic rings. The summed E-state index contributed by atoms with van der Waals surface area (Å²) in [6, 6.07) is 15.2. The lowest BCUT2D eigenvalue weighted by molar-refractivity contribution is 0.0929. The van der Waals surface area contributed by atoms with Crippen molar-refractivity contribution in [2.75, 3.05) is 0 Å². The van der Waals surface area contributed by atoms with Gasteiger partial charge in [-0.15, -0.1) is 0 Å². The smallest absolute Gasteiger partial charge is 0.307 e. The maximum atomic E-state index is 12.4. The Labute approximate surface area is 154 Å². The van der Waals surface area contributed by atoms with E-state index in [9.17, 15) is 4.79 Å². The molecule has 0 aliphatic carbocycles. The number of hydrogen-bond acceptors (Lipinski definition) is 3. The Morgan fingerprint density at radius 1 is 1.19 bits per heavy atom. The van der Waals surface area contributed by atoms with Crippen molar-refractivity contribution in [1.82, 2.24) is 10.4 Å². The van der Waals surface area contributed by atoms with Crippen LogP contribution in [-0.2, 0) is 0 Å². The molecule has 2 aromatic carbocycles. The highest BCUT2D eigenvalue weighted by atomic mass is 35.5. The molecule has 2 heterocycles. The van der Waals surface area contributed by atoms with Gasteiger partial charge in [0.1, 0.15) is 10.7 Å². The molecule has 6 heteroatoms. The van der Waals surface area contributed by atoms with Gasteiger partial charge in [0.05, 0.1) is 5.71 Å². The number of amides is 1. The molecule has 0 saturated heterocycles. The van der Waals surface area contributed by atoms with Gasteiger partial charge in [-0.1, -0.05) is 41.4 Å². The molecule has 0 unspecified atom stereocenters. The van der Waals surface area contributed by atoms with Crippen LogP contribution in [0.4, 0.5) is 0 Å². The number of benzene rings is 2. The van der Waals surface area contributed by atoms with Crippen LogP contribution in [0.5, 0.6) is 0 Å². The molecule has 0 fully saturated rings. The lowest BCUT2D eigenvalue weighted by Crippen LogP contribution is -2.18. The Morgan fingerprint density at radius 3 is 2.85 bits per heavy atom. The summed E-state index contributed by atoms with van der Waals surface area (Å²) < 4.78 is 5.59. The number of para-hydroxylation sites is 1. The van der Waals surface area contributed by atoms with Crippen molar-refractivity contribution in [3.05, 3.63) is 70.6 Å². The van der Waals surface area contributed by atoms with Gasteiger partial charge in [-0.3, -0.25) is 4.79 Å². The Kier molecular flexibility index (Phi) is 4.01. The molecule has 1 amide bonds. The van der Waals surface area contributed by atoms with E-state index in [-0.39, 0.29) is 5.76 Å². The van der Waals surface area contributed by atoms with E-state index in [0.717, 1.165) is 27.4 Å². The number of aromatic nitrogens is 1. The van der Waals surface area contributed by atoms with Gasteiger partial charge in [-0.2, -0.15) is 5.10 Å². The lowest BCUT2D eigenvalue weighted by atomic mass is 10.1. The topological polar surface area (TPSA) is 70.4 Å². The SMILES string of the molecule is CC(=NNC(=O)c1cc2cc(C)ccc2o1)c1c(Cl)[nH]c2ccccc12. The van der Waals surface area contributed by atoms with Crippen molar-refractivity contribution < 1.29 is 9.21 Å². The third kappa shape index (κ3) is 2.86. The quantitative estimate of drug-likeness (QED) is 0.395. The van der Waals surface area contributed by atoms with Crippen LogP contribution in [0.25, 0.3) is 21.9 Å². The van der Waals surface area contributed by atoms with Crippen LogP contribution in [0.1, 0.15) is 28.6 Å². The maximum absolute atomic E-state index is 12.4. The Bertz CT molecular complexity index is 1170.